The molecule has 1 N–H and O–H groups in total. The molecule has 0 heterocycles. The zero-order valence-corrected chi connectivity index (χ0v) is 9.26. The van der Waals surface area contributed by atoms with Gasteiger partial charge >= 0.3 is 0 Å². The van der Waals surface area contributed by atoms with Crippen LogP contribution in [0, 0.1) is 0 Å². The summed E-state index contributed by atoms with van der Waals surface area (Å²) < 4.78 is 0. The molecule has 1 amide bonds. The zero-order valence-electron chi connectivity index (χ0n) is 9.26. The summed E-state index contributed by atoms with van der Waals surface area (Å²) >= 11 is 0. The molecule has 14 heavy (non-hydrogen) atoms. The highest BCUT2D eigenvalue weighted by Crippen LogP contribution is 2.22. The van der Waals surface area contributed by atoms with Crippen LogP contribution < -0.4 is 5.32 Å². The van der Waals surface area contributed by atoms with E-state index in [9.17, 15) is 4.79 Å². The molecule has 1 aliphatic rings. The minimum atomic E-state index is -0.0439. The molecule has 1 aliphatic carbocycles. The van der Waals surface area contributed by atoms with Crippen molar-refractivity contribution >= 4 is 5.91 Å². The molecule has 0 radical (unpaired) electrons. The topological polar surface area (TPSA) is 29.1 Å². The van der Waals surface area contributed by atoms with Crippen LogP contribution in [0.1, 0.15) is 40.0 Å². The number of hydrogen-bond donors (Lipinski definition) is 1. The first-order valence-electron chi connectivity index (χ1n) is 5.14. The van der Waals surface area contributed by atoms with Crippen LogP contribution in [0.2, 0.25) is 0 Å². The summed E-state index contributed by atoms with van der Waals surface area (Å²) in [6.45, 7) is 5.97. The third kappa shape index (κ3) is 3.36. The number of allylic oxidation sites excluding steroid dienone is 2. The van der Waals surface area contributed by atoms with Crippen LogP contribution >= 0.6 is 0 Å². The number of rotatable bonds is 2. The van der Waals surface area contributed by atoms with Crippen LogP contribution in [-0.2, 0) is 4.79 Å². The van der Waals surface area contributed by atoms with E-state index < -0.39 is 0 Å². The average Bonchev–Trinajstić information content (AvgIpc) is 2.02. The number of carbonyl (C=O) groups is 1. The molecular weight excluding hydrogens is 174 g/mol. The van der Waals surface area contributed by atoms with Gasteiger partial charge < -0.3 is 5.32 Å². The Morgan fingerprint density at radius 3 is 2.64 bits per heavy atom. The van der Waals surface area contributed by atoms with Gasteiger partial charge in [-0.1, -0.05) is 17.7 Å². The van der Waals surface area contributed by atoms with Crippen LogP contribution in [-0.4, -0.2) is 11.4 Å². The lowest BCUT2D eigenvalue weighted by molar-refractivity contribution is -0.118. The highest BCUT2D eigenvalue weighted by Gasteiger charge is 2.25. The Morgan fingerprint density at radius 1 is 1.43 bits per heavy atom. The van der Waals surface area contributed by atoms with Crippen molar-refractivity contribution in [3.8, 4) is 0 Å². The van der Waals surface area contributed by atoms with E-state index in [1.54, 1.807) is 6.08 Å². The normalized spacial score (nSPS) is 25.6. The van der Waals surface area contributed by atoms with Gasteiger partial charge in [-0.05, 0) is 40.0 Å². The maximum absolute atomic E-state index is 11.5. The first-order chi connectivity index (χ1) is 6.52. The van der Waals surface area contributed by atoms with E-state index in [0.29, 0.717) is 0 Å². The van der Waals surface area contributed by atoms with E-state index in [1.165, 1.54) is 0 Å². The summed E-state index contributed by atoms with van der Waals surface area (Å²) in [6, 6.07) is 0. The minimum absolute atomic E-state index is 0.0304. The molecule has 0 aromatic heterocycles. The number of carbonyl (C=O) groups excluding carboxylic acids is 1. The predicted molar refractivity (Wildman–Crippen MR) is 59.0 cm³/mol. The first-order valence-corrected chi connectivity index (χ1v) is 5.14. The van der Waals surface area contributed by atoms with Crippen LogP contribution in [0.5, 0.6) is 0 Å². The maximum atomic E-state index is 11.5. The Morgan fingerprint density at radius 2 is 2.14 bits per heavy atom. The van der Waals surface area contributed by atoms with Crippen LogP contribution in [0.4, 0.5) is 0 Å². The second-order valence-corrected chi connectivity index (χ2v) is 4.49. The van der Waals surface area contributed by atoms with Gasteiger partial charge in [-0.25, -0.2) is 0 Å². The van der Waals surface area contributed by atoms with Crippen LogP contribution in [0.3, 0.4) is 0 Å². The van der Waals surface area contributed by atoms with Gasteiger partial charge in [0, 0.05) is 11.6 Å². The van der Waals surface area contributed by atoms with Crippen LogP contribution in [0.15, 0.2) is 23.8 Å². The van der Waals surface area contributed by atoms with Gasteiger partial charge in [-0.3, -0.25) is 4.79 Å². The number of hydrogen-bond acceptors (Lipinski definition) is 1. The number of nitrogens with one attached hydrogen (secondary N) is 1. The Hall–Kier alpha value is -1.05. The minimum Gasteiger partial charge on any atom is -0.347 e. The van der Waals surface area contributed by atoms with Crippen molar-refractivity contribution in [2.24, 2.45) is 0 Å². The summed E-state index contributed by atoms with van der Waals surface area (Å²) in [5.74, 6) is 0.0304. The van der Waals surface area contributed by atoms with Crippen molar-refractivity contribution < 1.29 is 4.79 Å². The molecule has 0 bridgehead atoms. The lowest BCUT2D eigenvalue weighted by Crippen LogP contribution is -2.45. The molecule has 2 nitrogen and oxygen atoms in total. The van der Waals surface area contributed by atoms with Crippen molar-refractivity contribution in [3.63, 3.8) is 0 Å². The molecule has 1 atom stereocenters. The zero-order chi connectivity index (χ0) is 10.6. The van der Waals surface area contributed by atoms with Gasteiger partial charge in [0.25, 0.3) is 0 Å². The van der Waals surface area contributed by atoms with Gasteiger partial charge in [0.2, 0.25) is 5.91 Å². The fourth-order valence-corrected chi connectivity index (χ4v) is 1.67. The third-order valence-corrected chi connectivity index (χ3v) is 2.44. The third-order valence-electron chi connectivity index (χ3n) is 2.44. The fraction of sp³-hybridized carbons (Fsp3) is 0.583. The second-order valence-electron chi connectivity index (χ2n) is 4.49. The van der Waals surface area contributed by atoms with Gasteiger partial charge in [0.1, 0.15) is 0 Å². The molecule has 1 unspecified atom stereocenters. The highest BCUT2D eigenvalue weighted by atomic mass is 16.1. The smallest absolute Gasteiger partial charge is 0.244 e. The van der Waals surface area contributed by atoms with Gasteiger partial charge in [0.05, 0.1) is 0 Å². The number of amides is 1. The Balaban J connectivity index is 2.54. The summed E-state index contributed by atoms with van der Waals surface area (Å²) in [6.07, 6.45) is 9.01. The van der Waals surface area contributed by atoms with Gasteiger partial charge in [-0.2, -0.15) is 0 Å². The van der Waals surface area contributed by atoms with Crippen molar-refractivity contribution in [1.29, 1.82) is 0 Å². The lowest BCUT2D eigenvalue weighted by Gasteiger charge is -2.31. The molecule has 78 valence electrons. The lowest BCUT2D eigenvalue weighted by atomic mass is 9.87. The van der Waals surface area contributed by atoms with Crippen molar-refractivity contribution in [2.45, 2.75) is 45.6 Å². The Labute approximate surface area is 86.1 Å². The van der Waals surface area contributed by atoms with E-state index >= 15 is 0 Å². The molecule has 2 heteroatoms. The van der Waals surface area contributed by atoms with Crippen molar-refractivity contribution in [3.05, 3.63) is 23.8 Å². The van der Waals surface area contributed by atoms with Gasteiger partial charge in [0.15, 0.2) is 0 Å². The molecule has 0 aliphatic heterocycles. The monoisotopic (exact) mass is 193 g/mol. The Kier molecular flexibility index (Phi) is 3.50. The molecular formula is C12H19NO. The molecule has 0 fully saturated rings. The summed E-state index contributed by atoms with van der Waals surface area (Å²) in [4.78, 5) is 11.5. The highest BCUT2D eigenvalue weighted by molar-refractivity contribution is 5.88. The summed E-state index contributed by atoms with van der Waals surface area (Å²) in [5.41, 5.74) is 0.995. The van der Waals surface area contributed by atoms with Crippen LogP contribution in [0.25, 0.3) is 0 Å². The molecule has 0 aromatic rings. The fourth-order valence-electron chi connectivity index (χ4n) is 1.67. The molecule has 0 aromatic carbocycles. The van der Waals surface area contributed by atoms with E-state index in [4.69, 9.17) is 0 Å². The van der Waals surface area contributed by atoms with Crippen molar-refractivity contribution in [2.75, 3.05) is 0 Å². The summed E-state index contributed by atoms with van der Waals surface area (Å²) in [5, 5.41) is 3.06. The molecule has 0 saturated heterocycles. The average molecular weight is 193 g/mol. The van der Waals surface area contributed by atoms with E-state index in [0.717, 1.165) is 24.8 Å². The largest absolute Gasteiger partial charge is 0.347 e. The first kappa shape index (κ1) is 11.0. The van der Waals surface area contributed by atoms with E-state index in [-0.39, 0.29) is 11.4 Å². The van der Waals surface area contributed by atoms with E-state index in [2.05, 4.69) is 24.4 Å². The maximum Gasteiger partial charge on any atom is 0.244 e. The van der Waals surface area contributed by atoms with Crippen molar-refractivity contribution in [1.82, 2.24) is 5.32 Å². The molecule has 0 saturated carbocycles. The summed E-state index contributed by atoms with van der Waals surface area (Å²) in [7, 11) is 0. The molecule has 0 spiro atoms. The standard InChI is InChI=1S/C12H19NO/c1-10(2)9-11(14)13-12(3)7-5-4-6-8-12/h4-5,9H,6-8H2,1-3H3,(H,13,14). The van der Waals surface area contributed by atoms with E-state index in [1.807, 2.05) is 13.8 Å². The quantitative estimate of drug-likeness (QED) is 0.530. The predicted octanol–water partition coefficient (Wildman–Crippen LogP) is 2.57. The Bertz CT molecular complexity index is 274. The van der Waals surface area contributed by atoms with Gasteiger partial charge in [-0.15, -0.1) is 0 Å². The molecule has 1 rings (SSSR count). The SMILES string of the molecule is CC(C)=CC(=O)NC1(C)CC=CCC1. The second kappa shape index (κ2) is 4.45.